The van der Waals surface area contributed by atoms with Gasteiger partial charge < -0.3 is 20.1 Å². The standard InChI is InChI=1S/C20H33N3O2.HI/c1-21-19(22-14-10-17-8-4-5-9-18(17)25-3)23-16-20(13-15-24-2)11-6-7-12-20;/h4-5,8-9H,6-7,10-16H2,1-3H3,(H2,21,22,23);1H. The number of nitrogens with one attached hydrogen (secondary N) is 2. The molecule has 1 saturated carbocycles. The van der Waals surface area contributed by atoms with Crippen molar-refractivity contribution in [1.29, 1.82) is 0 Å². The zero-order valence-corrected chi connectivity index (χ0v) is 18.7. The summed E-state index contributed by atoms with van der Waals surface area (Å²) in [5, 5.41) is 6.95. The predicted molar refractivity (Wildman–Crippen MR) is 119 cm³/mol. The summed E-state index contributed by atoms with van der Waals surface area (Å²) in [6.45, 7) is 2.62. The maximum Gasteiger partial charge on any atom is 0.191 e. The third-order valence-corrected chi connectivity index (χ3v) is 5.23. The van der Waals surface area contributed by atoms with Gasteiger partial charge in [-0.2, -0.15) is 0 Å². The van der Waals surface area contributed by atoms with Crippen molar-refractivity contribution in [2.45, 2.75) is 38.5 Å². The lowest BCUT2D eigenvalue weighted by Gasteiger charge is -2.30. The molecule has 5 nitrogen and oxygen atoms in total. The molecule has 0 heterocycles. The number of benzene rings is 1. The van der Waals surface area contributed by atoms with Gasteiger partial charge in [-0.3, -0.25) is 4.99 Å². The van der Waals surface area contributed by atoms with Gasteiger partial charge in [-0.05, 0) is 42.7 Å². The Kier molecular flexibility index (Phi) is 11.0. The Hall–Kier alpha value is -1.02. The number of nitrogens with zero attached hydrogens (tertiary/aromatic N) is 1. The second-order valence-electron chi connectivity index (χ2n) is 6.86. The summed E-state index contributed by atoms with van der Waals surface area (Å²) in [6.07, 6.45) is 7.23. The van der Waals surface area contributed by atoms with Gasteiger partial charge in [0.25, 0.3) is 0 Å². The summed E-state index contributed by atoms with van der Waals surface area (Å²) in [6, 6.07) is 8.15. The monoisotopic (exact) mass is 475 g/mol. The molecular formula is C20H34IN3O2. The quantitative estimate of drug-likeness (QED) is 0.326. The number of hydrogen-bond donors (Lipinski definition) is 2. The van der Waals surface area contributed by atoms with E-state index in [1.807, 2.05) is 25.2 Å². The fourth-order valence-corrected chi connectivity index (χ4v) is 3.68. The van der Waals surface area contributed by atoms with Gasteiger partial charge in [-0.1, -0.05) is 31.0 Å². The van der Waals surface area contributed by atoms with Crippen LogP contribution in [0.2, 0.25) is 0 Å². The molecule has 1 aromatic carbocycles. The summed E-state index contributed by atoms with van der Waals surface area (Å²) in [5.74, 6) is 1.82. The smallest absolute Gasteiger partial charge is 0.191 e. The van der Waals surface area contributed by atoms with Crippen LogP contribution < -0.4 is 15.4 Å². The van der Waals surface area contributed by atoms with Crippen molar-refractivity contribution < 1.29 is 9.47 Å². The van der Waals surface area contributed by atoms with E-state index < -0.39 is 0 Å². The lowest BCUT2D eigenvalue weighted by Crippen LogP contribution is -2.43. The predicted octanol–water partition coefficient (Wildman–Crippen LogP) is 3.62. The highest BCUT2D eigenvalue weighted by Crippen LogP contribution is 2.40. The zero-order chi connectivity index (χ0) is 18.0. The fraction of sp³-hybridized carbons (Fsp3) is 0.650. The summed E-state index contributed by atoms with van der Waals surface area (Å²) in [5.41, 5.74) is 1.57. The van der Waals surface area contributed by atoms with E-state index in [2.05, 4.69) is 21.7 Å². The third-order valence-electron chi connectivity index (χ3n) is 5.23. The molecule has 2 rings (SSSR count). The molecule has 0 radical (unpaired) electrons. The highest BCUT2D eigenvalue weighted by molar-refractivity contribution is 14.0. The molecule has 0 amide bonds. The van der Waals surface area contributed by atoms with Crippen molar-refractivity contribution >= 4 is 29.9 Å². The second kappa shape index (κ2) is 12.4. The summed E-state index contributed by atoms with van der Waals surface area (Å²) < 4.78 is 10.7. The van der Waals surface area contributed by atoms with Crippen molar-refractivity contribution in [3.05, 3.63) is 29.8 Å². The highest BCUT2D eigenvalue weighted by Gasteiger charge is 2.33. The van der Waals surface area contributed by atoms with Crippen molar-refractivity contribution in [3.8, 4) is 5.75 Å². The first-order valence-electron chi connectivity index (χ1n) is 9.28. The van der Waals surface area contributed by atoms with Crippen molar-refractivity contribution in [2.75, 3.05) is 41.0 Å². The van der Waals surface area contributed by atoms with Crippen LogP contribution in [0.25, 0.3) is 0 Å². The Morgan fingerprint density at radius 1 is 1.15 bits per heavy atom. The van der Waals surface area contributed by atoms with E-state index in [4.69, 9.17) is 9.47 Å². The number of aliphatic imine (C=N–C) groups is 1. The van der Waals surface area contributed by atoms with Gasteiger partial charge >= 0.3 is 0 Å². The van der Waals surface area contributed by atoms with E-state index in [0.717, 1.165) is 44.2 Å². The van der Waals surface area contributed by atoms with Crippen LogP contribution in [0.3, 0.4) is 0 Å². The molecule has 0 atom stereocenters. The average molecular weight is 475 g/mol. The zero-order valence-electron chi connectivity index (χ0n) is 16.3. The Balaban J connectivity index is 0.00000338. The van der Waals surface area contributed by atoms with Gasteiger partial charge in [0.05, 0.1) is 7.11 Å². The fourth-order valence-electron chi connectivity index (χ4n) is 3.68. The average Bonchev–Trinajstić information content (AvgIpc) is 3.12. The number of hydrogen-bond acceptors (Lipinski definition) is 3. The lowest BCUT2D eigenvalue weighted by molar-refractivity contribution is 0.138. The molecule has 148 valence electrons. The maximum absolute atomic E-state index is 5.41. The highest BCUT2D eigenvalue weighted by atomic mass is 127. The Bertz CT molecular complexity index is 546. The molecule has 0 saturated heterocycles. The van der Waals surface area contributed by atoms with E-state index in [1.54, 1.807) is 14.2 Å². The van der Waals surface area contributed by atoms with Crippen molar-refractivity contribution in [2.24, 2.45) is 10.4 Å². The summed E-state index contributed by atoms with van der Waals surface area (Å²) in [7, 11) is 5.33. The van der Waals surface area contributed by atoms with Crippen LogP contribution in [0.5, 0.6) is 5.75 Å². The Morgan fingerprint density at radius 2 is 1.88 bits per heavy atom. The number of guanidine groups is 1. The Labute approximate surface area is 175 Å². The number of halogens is 1. The molecule has 6 heteroatoms. The van der Waals surface area contributed by atoms with Crippen LogP contribution in [0.4, 0.5) is 0 Å². The maximum atomic E-state index is 5.41. The molecule has 0 bridgehead atoms. The molecule has 0 spiro atoms. The number of rotatable bonds is 9. The van der Waals surface area contributed by atoms with E-state index in [9.17, 15) is 0 Å². The summed E-state index contributed by atoms with van der Waals surface area (Å²) >= 11 is 0. The van der Waals surface area contributed by atoms with Gasteiger partial charge in [0, 0.05) is 33.9 Å². The third kappa shape index (κ3) is 6.95. The van der Waals surface area contributed by atoms with Gasteiger partial charge in [-0.15, -0.1) is 24.0 Å². The van der Waals surface area contributed by atoms with Crippen molar-refractivity contribution in [3.63, 3.8) is 0 Å². The first-order valence-corrected chi connectivity index (χ1v) is 9.28. The minimum atomic E-state index is 0. The topological polar surface area (TPSA) is 54.9 Å². The molecule has 26 heavy (non-hydrogen) atoms. The number of methoxy groups -OCH3 is 2. The van der Waals surface area contributed by atoms with Crippen LogP contribution in [0, 0.1) is 5.41 Å². The van der Waals surface area contributed by atoms with Gasteiger partial charge in [0.1, 0.15) is 5.75 Å². The molecule has 1 aliphatic rings. The number of para-hydroxylation sites is 1. The number of ether oxygens (including phenoxy) is 2. The van der Waals surface area contributed by atoms with Crippen LogP contribution in [-0.2, 0) is 11.2 Å². The molecule has 2 N–H and O–H groups in total. The van der Waals surface area contributed by atoms with Gasteiger partial charge in [-0.25, -0.2) is 0 Å². The van der Waals surface area contributed by atoms with Crippen LogP contribution in [0.1, 0.15) is 37.7 Å². The van der Waals surface area contributed by atoms with Crippen molar-refractivity contribution in [1.82, 2.24) is 10.6 Å². The van der Waals surface area contributed by atoms with E-state index >= 15 is 0 Å². The first-order chi connectivity index (χ1) is 12.2. The van der Waals surface area contributed by atoms with Gasteiger partial charge in [0.15, 0.2) is 5.96 Å². The van der Waals surface area contributed by atoms with Crippen LogP contribution in [-0.4, -0.2) is 46.9 Å². The molecule has 0 unspecified atom stereocenters. The SMILES string of the molecule is CN=C(NCCc1ccccc1OC)NCC1(CCOC)CCCC1.I. The van der Waals surface area contributed by atoms with E-state index in [0.29, 0.717) is 5.41 Å². The molecule has 0 aliphatic heterocycles. The lowest BCUT2D eigenvalue weighted by atomic mass is 9.83. The molecule has 1 aliphatic carbocycles. The summed E-state index contributed by atoms with van der Waals surface area (Å²) in [4.78, 5) is 4.37. The minimum absolute atomic E-state index is 0. The molecule has 0 aromatic heterocycles. The first kappa shape index (κ1) is 23.0. The van der Waals surface area contributed by atoms with Crippen LogP contribution in [0.15, 0.2) is 29.3 Å². The normalized spacial score (nSPS) is 16.0. The molecular weight excluding hydrogens is 441 g/mol. The van der Waals surface area contributed by atoms with Crippen LogP contribution >= 0.6 is 24.0 Å². The van der Waals surface area contributed by atoms with Gasteiger partial charge in [0.2, 0.25) is 0 Å². The van der Waals surface area contributed by atoms with E-state index in [1.165, 1.54) is 31.2 Å². The van der Waals surface area contributed by atoms with E-state index in [-0.39, 0.29) is 24.0 Å². The Morgan fingerprint density at radius 3 is 2.54 bits per heavy atom. The molecule has 1 aromatic rings. The minimum Gasteiger partial charge on any atom is -0.496 e. The molecule has 1 fully saturated rings. The second-order valence-corrected chi connectivity index (χ2v) is 6.86. The largest absolute Gasteiger partial charge is 0.496 e.